The van der Waals surface area contributed by atoms with Gasteiger partial charge in [-0.05, 0) is 105 Å². The van der Waals surface area contributed by atoms with Crippen molar-refractivity contribution in [1.82, 2.24) is 4.57 Å². The maximum Gasteiger partial charge on any atom is 0.0619 e. The highest BCUT2D eigenvalue weighted by Crippen LogP contribution is 2.43. The fourth-order valence-electron chi connectivity index (χ4n) is 9.31. The summed E-state index contributed by atoms with van der Waals surface area (Å²) in [5.74, 6) is 0. The van der Waals surface area contributed by atoms with E-state index in [9.17, 15) is 0 Å². The highest BCUT2D eigenvalue weighted by molar-refractivity contribution is 7.25. The van der Waals surface area contributed by atoms with Gasteiger partial charge in [-0.3, -0.25) is 0 Å². The summed E-state index contributed by atoms with van der Waals surface area (Å²) < 4.78 is 5.05. The van der Waals surface area contributed by atoms with E-state index < -0.39 is 0 Å². The van der Waals surface area contributed by atoms with Crippen molar-refractivity contribution in [2.75, 3.05) is 4.90 Å². The lowest BCUT2D eigenvalue weighted by atomic mass is 9.98. The van der Waals surface area contributed by atoms with Crippen LogP contribution in [0.2, 0.25) is 0 Å². The molecule has 286 valence electrons. The first kappa shape index (κ1) is 35.2. The maximum atomic E-state index is 2.43. The van der Waals surface area contributed by atoms with Crippen LogP contribution in [0, 0.1) is 0 Å². The number of para-hydroxylation sites is 1. The Morgan fingerprint density at radius 3 is 1.67 bits per heavy atom. The molecule has 0 aliphatic rings. The van der Waals surface area contributed by atoms with E-state index in [1.54, 1.807) is 0 Å². The number of nitrogens with zero attached hydrogens (tertiary/aromatic N) is 2. The third-order valence-corrected chi connectivity index (χ3v) is 13.3. The van der Waals surface area contributed by atoms with E-state index in [0.717, 1.165) is 22.7 Å². The molecule has 2 nitrogen and oxygen atoms in total. The normalized spacial score (nSPS) is 11.6. The Bertz CT molecular complexity index is 3560. The topological polar surface area (TPSA) is 8.17 Å². The molecule has 0 radical (unpaired) electrons. The molecule has 0 fully saturated rings. The summed E-state index contributed by atoms with van der Waals surface area (Å²) in [5.41, 5.74) is 14.1. The van der Waals surface area contributed by atoms with Crippen molar-refractivity contribution in [3.8, 4) is 39.1 Å². The lowest BCUT2D eigenvalue weighted by molar-refractivity contribution is 1.19. The third-order valence-electron chi connectivity index (χ3n) is 12.2. The summed E-state index contributed by atoms with van der Waals surface area (Å²) in [5, 5.41) is 7.68. The first-order valence-corrected chi connectivity index (χ1v) is 21.6. The molecule has 2 heterocycles. The van der Waals surface area contributed by atoms with E-state index >= 15 is 0 Å². The molecule has 0 bridgehead atoms. The van der Waals surface area contributed by atoms with Crippen LogP contribution in [-0.4, -0.2) is 4.57 Å². The summed E-state index contributed by atoms with van der Waals surface area (Å²) >= 11 is 1.86. The maximum absolute atomic E-state index is 2.43. The lowest BCUT2D eigenvalue weighted by Crippen LogP contribution is -2.10. The van der Waals surface area contributed by atoms with E-state index in [0.29, 0.717) is 0 Å². The predicted octanol–water partition coefficient (Wildman–Crippen LogP) is 16.8. The van der Waals surface area contributed by atoms with Crippen molar-refractivity contribution >= 4 is 81.1 Å². The van der Waals surface area contributed by atoms with Crippen LogP contribution in [0.15, 0.2) is 231 Å². The Kier molecular flexibility index (Phi) is 8.39. The van der Waals surface area contributed by atoms with Gasteiger partial charge in [-0.2, -0.15) is 0 Å². The number of hydrogen-bond donors (Lipinski definition) is 0. The van der Waals surface area contributed by atoms with Crippen molar-refractivity contribution in [2.24, 2.45) is 0 Å². The van der Waals surface area contributed by atoms with Crippen molar-refractivity contribution in [2.45, 2.75) is 0 Å². The molecule has 0 atom stereocenters. The van der Waals surface area contributed by atoms with Gasteiger partial charge < -0.3 is 9.47 Å². The summed E-state index contributed by atoms with van der Waals surface area (Å²) in [6, 6.07) is 84.1. The second-order valence-electron chi connectivity index (χ2n) is 15.7. The van der Waals surface area contributed by atoms with Gasteiger partial charge in [-0.15, -0.1) is 11.3 Å². The van der Waals surface area contributed by atoms with Gasteiger partial charge >= 0.3 is 0 Å². The number of anilines is 3. The SMILES string of the molecule is c1ccc(-c2ccc(N(c3ccc(-c4ccc(-n5c6ccccc6c6ccc7ccccc7c65)cc4)cc3)c3cccc(-c4cccc5sc6ccccc6c45)c3)cc2)cc1. The van der Waals surface area contributed by atoms with Crippen LogP contribution in [0.25, 0.3) is 91.8 Å². The van der Waals surface area contributed by atoms with E-state index in [2.05, 4.69) is 240 Å². The van der Waals surface area contributed by atoms with E-state index in [1.165, 1.54) is 86.1 Å². The molecule has 0 aliphatic carbocycles. The minimum Gasteiger partial charge on any atom is -0.310 e. The quantitative estimate of drug-likeness (QED) is 0.156. The van der Waals surface area contributed by atoms with Gasteiger partial charge in [0.2, 0.25) is 0 Å². The summed E-state index contributed by atoms with van der Waals surface area (Å²) in [7, 11) is 0. The zero-order chi connectivity index (χ0) is 40.3. The number of benzene rings is 10. The zero-order valence-electron chi connectivity index (χ0n) is 33.2. The average molecular weight is 795 g/mol. The lowest BCUT2D eigenvalue weighted by Gasteiger charge is -2.26. The Balaban J connectivity index is 0.935. The molecule has 2 aromatic heterocycles. The van der Waals surface area contributed by atoms with E-state index in [-0.39, 0.29) is 0 Å². The molecule has 12 rings (SSSR count). The van der Waals surface area contributed by atoms with Gasteiger partial charge in [0.1, 0.15) is 0 Å². The Morgan fingerprint density at radius 1 is 0.344 bits per heavy atom. The number of thiophene rings is 1. The van der Waals surface area contributed by atoms with Gasteiger partial charge in [0.25, 0.3) is 0 Å². The molecule has 12 aromatic rings. The van der Waals surface area contributed by atoms with Gasteiger partial charge in [0.05, 0.1) is 11.0 Å². The molecule has 0 spiro atoms. The fraction of sp³-hybridized carbons (Fsp3) is 0. The minimum absolute atomic E-state index is 1.10. The van der Waals surface area contributed by atoms with Crippen molar-refractivity contribution in [3.63, 3.8) is 0 Å². The molecular weight excluding hydrogens is 757 g/mol. The zero-order valence-corrected chi connectivity index (χ0v) is 34.1. The van der Waals surface area contributed by atoms with Crippen LogP contribution >= 0.6 is 11.3 Å². The average Bonchev–Trinajstić information content (AvgIpc) is 3.89. The standard InChI is InChI=1S/C58H38N2S/c1-2-12-39(13-3-1)40-24-31-45(32-25-40)59(48-16-10-15-44(38-48)49-20-11-23-56-57(49)53-19-7-9-22-55(53)61-56)46-33-26-41(27-34-46)42-28-35-47(36-29-42)60-54-21-8-6-18-51(54)52-37-30-43-14-4-5-17-50(43)58(52)60/h1-38H. The van der Waals surface area contributed by atoms with Crippen LogP contribution in [0.3, 0.4) is 0 Å². The fourth-order valence-corrected chi connectivity index (χ4v) is 10.4. The highest BCUT2D eigenvalue weighted by Gasteiger charge is 2.18. The molecule has 3 heteroatoms. The van der Waals surface area contributed by atoms with Crippen molar-refractivity contribution in [3.05, 3.63) is 231 Å². The Labute approximate surface area is 358 Å². The van der Waals surface area contributed by atoms with Gasteiger partial charge in [-0.25, -0.2) is 0 Å². The predicted molar refractivity (Wildman–Crippen MR) is 262 cm³/mol. The molecule has 0 saturated heterocycles. The van der Waals surface area contributed by atoms with Crippen molar-refractivity contribution in [1.29, 1.82) is 0 Å². The molecule has 0 aliphatic heterocycles. The Morgan fingerprint density at radius 2 is 0.918 bits per heavy atom. The van der Waals surface area contributed by atoms with Crippen LogP contribution in [0.5, 0.6) is 0 Å². The van der Waals surface area contributed by atoms with Gasteiger partial charge in [-0.1, -0.05) is 164 Å². The summed E-state index contributed by atoms with van der Waals surface area (Å²) in [6.45, 7) is 0. The number of rotatable bonds is 7. The largest absolute Gasteiger partial charge is 0.310 e. The monoisotopic (exact) mass is 794 g/mol. The van der Waals surface area contributed by atoms with Crippen LogP contribution in [-0.2, 0) is 0 Å². The minimum atomic E-state index is 1.10. The van der Waals surface area contributed by atoms with Gasteiger partial charge in [0, 0.05) is 59.1 Å². The second kappa shape index (κ2) is 14.5. The molecule has 0 amide bonds. The molecule has 0 saturated carbocycles. The number of hydrogen-bond acceptors (Lipinski definition) is 2. The van der Waals surface area contributed by atoms with Crippen LogP contribution < -0.4 is 4.90 Å². The molecule has 0 unspecified atom stereocenters. The van der Waals surface area contributed by atoms with E-state index in [1.807, 2.05) is 11.3 Å². The first-order chi connectivity index (χ1) is 30.2. The van der Waals surface area contributed by atoms with Crippen LogP contribution in [0.1, 0.15) is 0 Å². The molecule has 61 heavy (non-hydrogen) atoms. The summed E-state index contributed by atoms with van der Waals surface area (Å²) in [6.07, 6.45) is 0. The summed E-state index contributed by atoms with van der Waals surface area (Å²) in [4.78, 5) is 2.38. The molecular formula is C58H38N2S. The number of fused-ring (bicyclic) bond motifs is 8. The number of aromatic nitrogens is 1. The highest BCUT2D eigenvalue weighted by atomic mass is 32.1. The molecule has 10 aromatic carbocycles. The third kappa shape index (κ3) is 6.01. The van der Waals surface area contributed by atoms with Gasteiger partial charge in [0.15, 0.2) is 0 Å². The second-order valence-corrected chi connectivity index (χ2v) is 16.8. The smallest absolute Gasteiger partial charge is 0.0619 e. The van der Waals surface area contributed by atoms with Crippen LogP contribution in [0.4, 0.5) is 17.1 Å². The van der Waals surface area contributed by atoms with E-state index in [4.69, 9.17) is 0 Å². The first-order valence-electron chi connectivity index (χ1n) is 20.8. The Hall–Kier alpha value is -7.72. The van der Waals surface area contributed by atoms with Crippen molar-refractivity contribution < 1.29 is 0 Å². The molecule has 0 N–H and O–H groups in total.